The molecule has 0 aliphatic rings. The maximum absolute atomic E-state index is 12.0. The predicted molar refractivity (Wildman–Crippen MR) is 77.1 cm³/mol. The Hall–Kier alpha value is -0.760. The van der Waals surface area contributed by atoms with Gasteiger partial charge in [-0.2, -0.15) is 0 Å². The monoisotopic (exact) mass is 250 g/mol. The van der Waals surface area contributed by atoms with Gasteiger partial charge in [-0.3, -0.25) is 4.79 Å². The van der Waals surface area contributed by atoms with Gasteiger partial charge in [0, 0.05) is 10.3 Å². The van der Waals surface area contributed by atoms with Crippen LogP contribution in [0.4, 0.5) is 0 Å². The minimum atomic E-state index is 0.146. The van der Waals surface area contributed by atoms with E-state index in [4.69, 9.17) is 0 Å². The molecule has 0 spiro atoms. The fourth-order valence-corrected chi connectivity index (χ4v) is 2.15. The molecule has 0 N–H and O–H groups in total. The Morgan fingerprint density at radius 2 is 1.71 bits per heavy atom. The van der Waals surface area contributed by atoms with Gasteiger partial charge in [-0.25, -0.2) is 0 Å². The number of Topliss-reactive ketones (excluding diaryl/α,β-unsaturated/α-hetero) is 1. The Labute approximate surface area is 109 Å². The molecule has 0 atom stereocenters. The summed E-state index contributed by atoms with van der Waals surface area (Å²) in [4.78, 5) is 12.0. The molecule has 0 heterocycles. The van der Waals surface area contributed by atoms with Crippen LogP contribution in [0.15, 0.2) is 24.3 Å². The second kappa shape index (κ2) is 5.72. The van der Waals surface area contributed by atoms with E-state index < -0.39 is 0 Å². The predicted octanol–water partition coefficient (Wildman–Crippen LogP) is 4.52. The molecule has 0 unspecified atom stereocenters. The first-order chi connectivity index (χ1) is 7.79. The minimum absolute atomic E-state index is 0.146. The van der Waals surface area contributed by atoms with Gasteiger partial charge >= 0.3 is 0 Å². The number of rotatable bonds is 4. The summed E-state index contributed by atoms with van der Waals surface area (Å²) in [6.45, 7) is 10.7. The Balaban J connectivity index is 2.64. The Morgan fingerprint density at radius 1 is 1.18 bits per heavy atom. The second-order valence-electron chi connectivity index (χ2n) is 5.60. The molecule has 1 aromatic carbocycles. The van der Waals surface area contributed by atoms with Crippen LogP contribution in [0.3, 0.4) is 0 Å². The highest BCUT2D eigenvalue weighted by atomic mass is 32.2. The first-order valence-corrected chi connectivity index (χ1v) is 7.05. The summed E-state index contributed by atoms with van der Waals surface area (Å²) in [5.41, 5.74) is 2.11. The number of carbonyl (C=O) groups is 1. The lowest BCUT2D eigenvalue weighted by atomic mass is 10.0. The lowest BCUT2D eigenvalue weighted by Gasteiger charge is -2.16. The van der Waals surface area contributed by atoms with Crippen molar-refractivity contribution in [1.82, 2.24) is 0 Å². The maximum atomic E-state index is 12.0. The van der Waals surface area contributed by atoms with E-state index >= 15 is 0 Å². The fraction of sp³-hybridized carbons (Fsp3) is 0.533. The van der Waals surface area contributed by atoms with Crippen LogP contribution in [-0.4, -0.2) is 16.3 Å². The lowest BCUT2D eigenvalue weighted by Crippen LogP contribution is -2.13. The first-order valence-electron chi connectivity index (χ1n) is 6.07. The van der Waals surface area contributed by atoms with Crippen molar-refractivity contribution in [2.75, 3.05) is 5.75 Å². The van der Waals surface area contributed by atoms with Gasteiger partial charge in [0.05, 0.1) is 5.75 Å². The summed E-state index contributed by atoms with van der Waals surface area (Å²) in [5.74, 6) is 1.30. The SMILES string of the molecule is CC(C)c1ccc(C(=O)CSC(C)(C)C)cc1. The number of hydrogen-bond donors (Lipinski definition) is 0. The summed E-state index contributed by atoms with van der Waals surface area (Å²) in [6, 6.07) is 8.00. The van der Waals surface area contributed by atoms with Crippen LogP contribution in [0.5, 0.6) is 0 Å². The molecule has 17 heavy (non-hydrogen) atoms. The van der Waals surface area contributed by atoms with Gasteiger partial charge in [0.2, 0.25) is 0 Å². The zero-order valence-electron chi connectivity index (χ0n) is 11.4. The van der Waals surface area contributed by atoms with Crippen LogP contribution in [0.25, 0.3) is 0 Å². The highest BCUT2D eigenvalue weighted by Crippen LogP contribution is 2.24. The van der Waals surface area contributed by atoms with Crippen LogP contribution < -0.4 is 0 Å². The van der Waals surface area contributed by atoms with E-state index in [2.05, 4.69) is 46.8 Å². The van der Waals surface area contributed by atoms with Crippen molar-refractivity contribution in [2.45, 2.75) is 45.3 Å². The molecule has 0 bridgehead atoms. The third kappa shape index (κ3) is 4.95. The highest BCUT2D eigenvalue weighted by molar-refractivity contribution is 8.01. The average molecular weight is 250 g/mol. The molecule has 0 fully saturated rings. The van der Waals surface area contributed by atoms with Gasteiger partial charge < -0.3 is 0 Å². The van der Waals surface area contributed by atoms with Gasteiger partial charge in [0.25, 0.3) is 0 Å². The van der Waals surface area contributed by atoms with E-state index in [1.165, 1.54) is 5.56 Å². The summed E-state index contributed by atoms with van der Waals surface area (Å²) >= 11 is 1.70. The zero-order chi connectivity index (χ0) is 13.1. The number of hydrogen-bond acceptors (Lipinski definition) is 2. The molecule has 0 aliphatic carbocycles. The molecular formula is C15H22OS. The van der Waals surface area contributed by atoms with Crippen molar-refractivity contribution in [3.63, 3.8) is 0 Å². The number of ketones is 1. The summed E-state index contributed by atoms with van der Waals surface area (Å²) in [5, 5.41) is 0. The number of carbonyl (C=O) groups excluding carboxylic acids is 1. The van der Waals surface area contributed by atoms with E-state index in [0.29, 0.717) is 11.7 Å². The van der Waals surface area contributed by atoms with E-state index in [1.54, 1.807) is 11.8 Å². The van der Waals surface area contributed by atoms with Crippen molar-refractivity contribution in [3.05, 3.63) is 35.4 Å². The normalized spacial score (nSPS) is 11.9. The fourth-order valence-electron chi connectivity index (χ4n) is 1.42. The van der Waals surface area contributed by atoms with Gasteiger partial charge in [-0.1, -0.05) is 58.9 Å². The molecule has 1 aromatic rings. The Bertz CT molecular complexity index is 371. The molecule has 0 saturated heterocycles. The van der Waals surface area contributed by atoms with E-state index in [9.17, 15) is 4.79 Å². The van der Waals surface area contributed by atoms with Crippen molar-refractivity contribution in [1.29, 1.82) is 0 Å². The van der Waals surface area contributed by atoms with Crippen LogP contribution in [0.1, 0.15) is 56.5 Å². The molecule has 1 rings (SSSR count). The molecule has 1 nitrogen and oxygen atoms in total. The molecule has 2 heteroatoms. The van der Waals surface area contributed by atoms with E-state index in [-0.39, 0.29) is 10.5 Å². The lowest BCUT2D eigenvalue weighted by molar-refractivity contribution is 0.102. The summed E-state index contributed by atoms with van der Waals surface area (Å²) in [7, 11) is 0. The number of thioether (sulfide) groups is 1. The molecule has 0 aliphatic heterocycles. The quantitative estimate of drug-likeness (QED) is 0.731. The molecular weight excluding hydrogens is 228 g/mol. The van der Waals surface area contributed by atoms with Crippen LogP contribution in [0.2, 0.25) is 0 Å². The highest BCUT2D eigenvalue weighted by Gasteiger charge is 2.14. The summed E-state index contributed by atoms with van der Waals surface area (Å²) in [6.07, 6.45) is 0. The third-order valence-electron chi connectivity index (χ3n) is 2.54. The van der Waals surface area contributed by atoms with E-state index in [1.807, 2.05) is 12.1 Å². The molecule has 0 amide bonds. The van der Waals surface area contributed by atoms with E-state index in [0.717, 1.165) is 5.56 Å². The van der Waals surface area contributed by atoms with Crippen LogP contribution >= 0.6 is 11.8 Å². The van der Waals surface area contributed by atoms with Crippen LogP contribution in [0, 0.1) is 0 Å². The van der Waals surface area contributed by atoms with Gasteiger partial charge in [0.15, 0.2) is 5.78 Å². The van der Waals surface area contributed by atoms with Gasteiger partial charge in [-0.15, -0.1) is 11.8 Å². The minimum Gasteiger partial charge on any atom is -0.293 e. The smallest absolute Gasteiger partial charge is 0.172 e. The average Bonchev–Trinajstić information content (AvgIpc) is 2.25. The largest absolute Gasteiger partial charge is 0.293 e. The third-order valence-corrected chi connectivity index (χ3v) is 3.81. The number of benzene rings is 1. The Morgan fingerprint density at radius 3 is 2.12 bits per heavy atom. The topological polar surface area (TPSA) is 17.1 Å². The van der Waals surface area contributed by atoms with Crippen LogP contribution in [-0.2, 0) is 0 Å². The van der Waals surface area contributed by atoms with Gasteiger partial charge in [0.1, 0.15) is 0 Å². The zero-order valence-corrected chi connectivity index (χ0v) is 12.2. The second-order valence-corrected chi connectivity index (χ2v) is 7.40. The molecule has 0 saturated carbocycles. The standard InChI is InChI=1S/C15H22OS/c1-11(2)12-6-8-13(9-7-12)14(16)10-17-15(3,4)5/h6-9,11H,10H2,1-5H3. The molecule has 0 radical (unpaired) electrons. The summed E-state index contributed by atoms with van der Waals surface area (Å²) < 4.78 is 0.146. The first kappa shape index (κ1) is 14.3. The Kier molecular flexibility index (Phi) is 4.81. The van der Waals surface area contributed by atoms with Crippen molar-refractivity contribution in [2.24, 2.45) is 0 Å². The molecule has 94 valence electrons. The van der Waals surface area contributed by atoms with Gasteiger partial charge in [-0.05, 0) is 11.5 Å². The maximum Gasteiger partial charge on any atom is 0.172 e. The van der Waals surface area contributed by atoms with Crippen molar-refractivity contribution < 1.29 is 4.79 Å². The van der Waals surface area contributed by atoms with Crippen molar-refractivity contribution >= 4 is 17.5 Å². The molecule has 0 aromatic heterocycles. The van der Waals surface area contributed by atoms with Crippen molar-refractivity contribution in [3.8, 4) is 0 Å².